The lowest BCUT2D eigenvalue weighted by Crippen LogP contribution is -2.40. The predicted molar refractivity (Wildman–Crippen MR) is 94.7 cm³/mol. The van der Waals surface area contributed by atoms with Crippen LogP contribution >= 0.6 is 0 Å². The van der Waals surface area contributed by atoms with Crippen molar-refractivity contribution in [3.63, 3.8) is 0 Å². The highest BCUT2D eigenvalue weighted by atomic mass is 16.5. The maximum Gasteiger partial charge on any atom is 0.276 e. The lowest BCUT2D eigenvalue weighted by atomic mass is 9.96. The number of pyridine rings is 1. The number of hydrogen-bond donors (Lipinski definition) is 0. The van der Waals surface area contributed by atoms with Crippen LogP contribution in [-0.2, 0) is 6.54 Å². The first-order valence-electron chi connectivity index (χ1n) is 8.83. The molecule has 0 spiro atoms. The molecule has 1 unspecified atom stereocenters. The van der Waals surface area contributed by atoms with E-state index in [0.29, 0.717) is 18.0 Å². The van der Waals surface area contributed by atoms with Gasteiger partial charge in [0.15, 0.2) is 5.69 Å². The molecule has 0 bridgehead atoms. The van der Waals surface area contributed by atoms with E-state index in [0.717, 1.165) is 37.3 Å². The number of aryl methyl sites for hydroxylation is 1. The topological polar surface area (TPSA) is 77.1 Å². The Kier molecular flexibility index (Phi) is 4.51. The Bertz CT molecular complexity index is 886. The quantitative estimate of drug-likeness (QED) is 0.722. The molecule has 3 aromatic heterocycles. The molecule has 1 atom stereocenters. The summed E-state index contributed by atoms with van der Waals surface area (Å²) in [5.74, 6) is 1.81. The van der Waals surface area contributed by atoms with Crippen molar-refractivity contribution in [2.45, 2.75) is 32.2 Å². The fourth-order valence-electron chi connectivity index (χ4n) is 3.50. The molecule has 134 valence electrons. The fourth-order valence-corrected chi connectivity index (χ4v) is 3.50. The monoisotopic (exact) mass is 351 g/mol. The SMILES string of the molecule is Cc1cc(C(=O)N2CCCC(c3nccn3Cc3cccnc3)C2)no1. The predicted octanol–water partition coefficient (Wildman–Crippen LogP) is 2.64. The molecule has 1 aliphatic heterocycles. The Morgan fingerprint density at radius 3 is 3.08 bits per heavy atom. The van der Waals surface area contributed by atoms with E-state index in [1.807, 2.05) is 29.6 Å². The highest BCUT2D eigenvalue weighted by Gasteiger charge is 2.29. The van der Waals surface area contributed by atoms with Crippen LogP contribution in [0.2, 0.25) is 0 Å². The number of nitrogens with zero attached hydrogens (tertiary/aromatic N) is 5. The molecular weight excluding hydrogens is 330 g/mol. The summed E-state index contributed by atoms with van der Waals surface area (Å²) in [5, 5.41) is 3.86. The molecule has 1 aliphatic rings. The lowest BCUT2D eigenvalue weighted by Gasteiger charge is -2.32. The molecule has 0 aliphatic carbocycles. The molecule has 4 heterocycles. The van der Waals surface area contributed by atoms with Crippen LogP contribution in [-0.4, -0.2) is 43.6 Å². The summed E-state index contributed by atoms with van der Waals surface area (Å²) in [5.41, 5.74) is 1.51. The Balaban J connectivity index is 1.50. The number of hydrogen-bond acceptors (Lipinski definition) is 5. The van der Waals surface area contributed by atoms with Crippen LogP contribution in [0.25, 0.3) is 0 Å². The van der Waals surface area contributed by atoms with E-state index < -0.39 is 0 Å². The summed E-state index contributed by atoms with van der Waals surface area (Å²) in [6.45, 7) is 3.91. The van der Waals surface area contributed by atoms with Crippen molar-refractivity contribution in [3.8, 4) is 0 Å². The Labute approximate surface area is 151 Å². The summed E-state index contributed by atoms with van der Waals surface area (Å²) < 4.78 is 7.19. The fraction of sp³-hybridized carbons (Fsp3) is 0.368. The molecular formula is C19H21N5O2. The van der Waals surface area contributed by atoms with Crippen LogP contribution < -0.4 is 0 Å². The standard InChI is InChI=1S/C19H21N5O2/c1-14-10-17(22-26-14)19(25)24-8-3-5-16(13-24)18-21-7-9-23(18)12-15-4-2-6-20-11-15/h2,4,6-7,9-11,16H,3,5,8,12-13H2,1H3. The third-order valence-corrected chi connectivity index (χ3v) is 4.74. The van der Waals surface area contributed by atoms with Crippen molar-refractivity contribution >= 4 is 5.91 Å². The van der Waals surface area contributed by atoms with Gasteiger partial charge in [0.25, 0.3) is 5.91 Å². The first-order valence-corrected chi connectivity index (χ1v) is 8.83. The zero-order valence-electron chi connectivity index (χ0n) is 14.7. The number of piperidine rings is 1. The number of carbonyl (C=O) groups excluding carboxylic acids is 1. The summed E-state index contributed by atoms with van der Waals surface area (Å²) in [6, 6.07) is 5.68. The molecule has 0 N–H and O–H groups in total. The molecule has 0 saturated carbocycles. The van der Waals surface area contributed by atoms with Gasteiger partial charge < -0.3 is 14.0 Å². The molecule has 7 heteroatoms. The number of rotatable bonds is 4. The largest absolute Gasteiger partial charge is 0.361 e. The van der Waals surface area contributed by atoms with Crippen LogP contribution in [0.15, 0.2) is 47.5 Å². The number of carbonyl (C=O) groups is 1. The average molecular weight is 351 g/mol. The van der Waals surface area contributed by atoms with Gasteiger partial charge in [0.2, 0.25) is 0 Å². The Hall–Kier alpha value is -2.96. The first kappa shape index (κ1) is 16.5. The highest BCUT2D eigenvalue weighted by Crippen LogP contribution is 2.27. The molecule has 26 heavy (non-hydrogen) atoms. The van der Waals surface area contributed by atoms with Gasteiger partial charge in [-0.15, -0.1) is 0 Å². The number of amides is 1. The zero-order valence-corrected chi connectivity index (χ0v) is 14.7. The van der Waals surface area contributed by atoms with Crippen LogP contribution in [0.3, 0.4) is 0 Å². The van der Waals surface area contributed by atoms with Crippen LogP contribution in [0, 0.1) is 6.92 Å². The maximum atomic E-state index is 12.7. The van der Waals surface area contributed by atoms with Gasteiger partial charge in [-0.3, -0.25) is 9.78 Å². The van der Waals surface area contributed by atoms with Gasteiger partial charge in [-0.05, 0) is 31.4 Å². The third kappa shape index (κ3) is 3.37. The normalized spacial score (nSPS) is 17.4. The molecule has 0 aromatic carbocycles. The number of aromatic nitrogens is 4. The second-order valence-corrected chi connectivity index (χ2v) is 6.69. The summed E-state index contributed by atoms with van der Waals surface area (Å²) in [4.78, 5) is 23.3. The van der Waals surface area contributed by atoms with Gasteiger partial charge in [-0.2, -0.15) is 0 Å². The second-order valence-electron chi connectivity index (χ2n) is 6.69. The minimum absolute atomic E-state index is 0.0723. The van der Waals surface area contributed by atoms with Crippen molar-refractivity contribution in [1.29, 1.82) is 0 Å². The minimum atomic E-state index is -0.0723. The van der Waals surface area contributed by atoms with Gasteiger partial charge >= 0.3 is 0 Å². The maximum absolute atomic E-state index is 12.7. The van der Waals surface area contributed by atoms with Crippen LogP contribution in [0.4, 0.5) is 0 Å². The van der Waals surface area contributed by atoms with Crippen molar-refractivity contribution in [2.75, 3.05) is 13.1 Å². The molecule has 1 saturated heterocycles. The van der Waals surface area contributed by atoms with E-state index in [-0.39, 0.29) is 11.8 Å². The van der Waals surface area contributed by atoms with Gasteiger partial charge in [-0.1, -0.05) is 11.2 Å². The Morgan fingerprint density at radius 2 is 2.31 bits per heavy atom. The molecule has 3 aromatic rings. The number of imidazole rings is 1. The zero-order chi connectivity index (χ0) is 17.9. The van der Waals surface area contributed by atoms with E-state index in [4.69, 9.17) is 4.52 Å². The van der Waals surface area contributed by atoms with Gasteiger partial charge in [-0.25, -0.2) is 4.98 Å². The van der Waals surface area contributed by atoms with Crippen molar-refractivity contribution in [1.82, 2.24) is 24.6 Å². The lowest BCUT2D eigenvalue weighted by molar-refractivity contribution is 0.0693. The average Bonchev–Trinajstić information content (AvgIpc) is 3.31. The van der Waals surface area contributed by atoms with E-state index in [1.165, 1.54) is 0 Å². The summed E-state index contributed by atoms with van der Waals surface area (Å²) >= 11 is 0. The van der Waals surface area contributed by atoms with Crippen molar-refractivity contribution < 1.29 is 9.32 Å². The molecule has 1 fully saturated rings. The van der Waals surface area contributed by atoms with E-state index in [1.54, 1.807) is 19.2 Å². The van der Waals surface area contributed by atoms with Crippen LogP contribution in [0.5, 0.6) is 0 Å². The molecule has 0 radical (unpaired) electrons. The Morgan fingerprint density at radius 1 is 1.38 bits per heavy atom. The summed E-state index contributed by atoms with van der Waals surface area (Å²) in [6.07, 6.45) is 9.43. The summed E-state index contributed by atoms with van der Waals surface area (Å²) in [7, 11) is 0. The highest BCUT2D eigenvalue weighted by molar-refractivity contribution is 5.92. The van der Waals surface area contributed by atoms with E-state index in [9.17, 15) is 4.79 Å². The first-order chi connectivity index (χ1) is 12.7. The van der Waals surface area contributed by atoms with Crippen molar-refractivity contribution in [3.05, 3.63) is 65.8 Å². The molecule has 4 rings (SSSR count). The van der Waals surface area contributed by atoms with Gasteiger partial charge in [0.1, 0.15) is 11.6 Å². The van der Waals surface area contributed by atoms with Gasteiger partial charge in [0.05, 0.1) is 6.54 Å². The molecule has 1 amide bonds. The van der Waals surface area contributed by atoms with E-state index >= 15 is 0 Å². The second kappa shape index (κ2) is 7.11. The van der Waals surface area contributed by atoms with Crippen molar-refractivity contribution in [2.24, 2.45) is 0 Å². The smallest absolute Gasteiger partial charge is 0.276 e. The minimum Gasteiger partial charge on any atom is -0.361 e. The van der Waals surface area contributed by atoms with Gasteiger partial charge in [0, 0.05) is 49.9 Å². The number of likely N-dealkylation sites (tertiary alicyclic amines) is 1. The van der Waals surface area contributed by atoms with E-state index in [2.05, 4.69) is 25.8 Å². The van der Waals surface area contributed by atoms with Crippen LogP contribution in [0.1, 0.15) is 46.4 Å². The molecule has 7 nitrogen and oxygen atoms in total. The third-order valence-electron chi connectivity index (χ3n) is 4.74.